The van der Waals surface area contributed by atoms with Crippen molar-refractivity contribution in [3.63, 3.8) is 0 Å². The smallest absolute Gasteiger partial charge is 0.314 e. The Morgan fingerprint density at radius 1 is 1.28 bits per heavy atom. The fourth-order valence-electron chi connectivity index (χ4n) is 2.61. The molecule has 1 aromatic rings. The van der Waals surface area contributed by atoms with Crippen LogP contribution < -0.4 is 9.47 Å². The van der Waals surface area contributed by atoms with Crippen molar-refractivity contribution in [1.82, 2.24) is 0 Å². The highest BCUT2D eigenvalue weighted by Crippen LogP contribution is 2.54. The molecule has 4 nitrogen and oxygen atoms in total. The Morgan fingerprint density at radius 3 is 2.28 bits per heavy atom. The largest absolute Gasteiger partial charge is 0.496 e. The molecular formula is C14H18O4. The summed E-state index contributed by atoms with van der Waals surface area (Å²) in [6, 6.07) is 1.88. The molecule has 0 aliphatic heterocycles. The summed E-state index contributed by atoms with van der Waals surface area (Å²) in [7, 11) is 3.17. The lowest BCUT2D eigenvalue weighted by Crippen LogP contribution is -2.22. The number of carboxylic acid groups (broad SMARTS) is 1. The van der Waals surface area contributed by atoms with Crippen molar-refractivity contribution >= 4 is 5.97 Å². The van der Waals surface area contributed by atoms with Crippen molar-refractivity contribution in [1.29, 1.82) is 0 Å². The Labute approximate surface area is 107 Å². The molecule has 0 saturated heterocycles. The standard InChI is InChI=1S/C14H18O4/c1-8-7-10(17-3)9(2)11(12(8)18-4)14(5-6-14)13(15)16/h7H,5-6H2,1-4H3,(H,15,16). The molecule has 0 atom stereocenters. The molecule has 1 saturated carbocycles. The second-order valence-electron chi connectivity index (χ2n) is 4.82. The minimum absolute atomic E-state index is 0.659. The van der Waals surface area contributed by atoms with Crippen molar-refractivity contribution in [3.8, 4) is 11.5 Å². The van der Waals surface area contributed by atoms with Crippen LogP contribution in [0.2, 0.25) is 0 Å². The molecule has 0 radical (unpaired) electrons. The number of hydrogen-bond donors (Lipinski definition) is 1. The summed E-state index contributed by atoms with van der Waals surface area (Å²) in [4.78, 5) is 11.5. The lowest BCUT2D eigenvalue weighted by Gasteiger charge is -2.21. The predicted octanol–water partition coefficient (Wildman–Crippen LogP) is 2.44. The third kappa shape index (κ3) is 1.64. The number of benzene rings is 1. The Balaban J connectivity index is 2.71. The number of rotatable bonds is 4. The summed E-state index contributed by atoms with van der Waals surface area (Å²) in [6.07, 6.45) is 1.32. The monoisotopic (exact) mass is 250 g/mol. The summed E-state index contributed by atoms with van der Waals surface area (Å²) < 4.78 is 10.7. The van der Waals surface area contributed by atoms with Gasteiger partial charge in [-0.2, -0.15) is 0 Å². The summed E-state index contributed by atoms with van der Waals surface area (Å²) >= 11 is 0. The maximum Gasteiger partial charge on any atom is 0.314 e. The Kier molecular flexibility index (Phi) is 2.97. The van der Waals surface area contributed by atoms with Crippen molar-refractivity contribution in [2.45, 2.75) is 32.1 Å². The molecule has 0 amide bonds. The number of methoxy groups -OCH3 is 2. The van der Waals surface area contributed by atoms with Crippen molar-refractivity contribution in [3.05, 3.63) is 22.8 Å². The van der Waals surface area contributed by atoms with Crippen molar-refractivity contribution in [2.75, 3.05) is 14.2 Å². The minimum atomic E-state index is -0.783. The van der Waals surface area contributed by atoms with Crippen LogP contribution in [0.3, 0.4) is 0 Å². The van der Waals surface area contributed by atoms with E-state index in [-0.39, 0.29) is 0 Å². The number of aliphatic carboxylic acids is 1. The van der Waals surface area contributed by atoms with Crippen molar-refractivity contribution < 1.29 is 19.4 Å². The number of carboxylic acids is 1. The van der Waals surface area contributed by atoms with Gasteiger partial charge in [0.2, 0.25) is 0 Å². The summed E-state index contributed by atoms with van der Waals surface area (Å²) in [5.74, 6) is 0.612. The van der Waals surface area contributed by atoms with Crippen LogP contribution in [-0.2, 0) is 10.2 Å². The quantitative estimate of drug-likeness (QED) is 0.891. The van der Waals surface area contributed by atoms with Gasteiger partial charge in [-0.25, -0.2) is 0 Å². The molecule has 1 N–H and O–H groups in total. The topological polar surface area (TPSA) is 55.8 Å². The molecule has 0 unspecified atom stereocenters. The predicted molar refractivity (Wildman–Crippen MR) is 67.6 cm³/mol. The van der Waals surface area contributed by atoms with Gasteiger partial charge < -0.3 is 14.6 Å². The summed E-state index contributed by atoms with van der Waals surface area (Å²) in [5.41, 5.74) is 1.76. The zero-order valence-electron chi connectivity index (χ0n) is 11.2. The first-order valence-electron chi connectivity index (χ1n) is 5.94. The maximum absolute atomic E-state index is 11.5. The Morgan fingerprint density at radius 2 is 1.89 bits per heavy atom. The minimum Gasteiger partial charge on any atom is -0.496 e. The van der Waals surface area contributed by atoms with Crippen LogP contribution in [0.4, 0.5) is 0 Å². The van der Waals surface area contributed by atoms with Gasteiger partial charge in [0, 0.05) is 5.56 Å². The summed E-state index contributed by atoms with van der Waals surface area (Å²) in [5, 5.41) is 9.46. The maximum atomic E-state index is 11.5. The van der Waals surface area contributed by atoms with E-state index in [0.29, 0.717) is 18.6 Å². The van der Waals surface area contributed by atoms with E-state index in [4.69, 9.17) is 9.47 Å². The van der Waals surface area contributed by atoms with E-state index in [1.54, 1.807) is 14.2 Å². The van der Waals surface area contributed by atoms with Gasteiger partial charge in [0.25, 0.3) is 0 Å². The molecule has 0 bridgehead atoms. The van der Waals surface area contributed by atoms with E-state index < -0.39 is 11.4 Å². The fraction of sp³-hybridized carbons (Fsp3) is 0.500. The van der Waals surface area contributed by atoms with E-state index in [2.05, 4.69) is 0 Å². The highest BCUT2D eigenvalue weighted by molar-refractivity contribution is 5.87. The second-order valence-corrected chi connectivity index (χ2v) is 4.82. The van der Waals surface area contributed by atoms with Crippen LogP contribution in [0.1, 0.15) is 29.5 Å². The lowest BCUT2D eigenvalue weighted by molar-refractivity contribution is -0.140. The second kappa shape index (κ2) is 4.19. The fourth-order valence-corrected chi connectivity index (χ4v) is 2.61. The number of carbonyl (C=O) groups is 1. The van der Waals surface area contributed by atoms with Crippen LogP contribution in [0.25, 0.3) is 0 Å². The molecule has 4 heteroatoms. The van der Waals surface area contributed by atoms with Crippen LogP contribution in [0, 0.1) is 13.8 Å². The molecule has 98 valence electrons. The van der Waals surface area contributed by atoms with Gasteiger partial charge in [0.05, 0.1) is 19.6 Å². The Bertz CT molecular complexity index is 501. The SMILES string of the molecule is COc1cc(C)c(OC)c(C2(C(=O)O)CC2)c1C. The van der Waals surface area contributed by atoms with E-state index in [9.17, 15) is 9.90 Å². The van der Waals surface area contributed by atoms with Crippen LogP contribution in [-0.4, -0.2) is 25.3 Å². The molecule has 1 fully saturated rings. The van der Waals surface area contributed by atoms with Gasteiger partial charge in [0.1, 0.15) is 11.5 Å². The van der Waals surface area contributed by atoms with E-state index in [0.717, 1.165) is 22.4 Å². The van der Waals surface area contributed by atoms with Crippen LogP contribution >= 0.6 is 0 Å². The third-order valence-electron chi connectivity index (χ3n) is 3.74. The number of aryl methyl sites for hydroxylation is 1. The van der Waals surface area contributed by atoms with Gasteiger partial charge >= 0.3 is 5.97 Å². The molecule has 1 aliphatic rings. The normalized spacial score (nSPS) is 16.2. The first-order chi connectivity index (χ1) is 8.47. The highest BCUT2D eigenvalue weighted by Gasteiger charge is 2.54. The van der Waals surface area contributed by atoms with Gasteiger partial charge in [-0.1, -0.05) is 0 Å². The zero-order chi connectivity index (χ0) is 13.5. The molecule has 18 heavy (non-hydrogen) atoms. The number of ether oxygens (including phenoxy) is 2. The highest BCUT2D eigenvalue weighted by atomic mass is 16.5. The first kappa shape index (κ1) is 12.7. The molecule has 1 aliphatic carbocycles. The van der Waals surface area contributed by atoms with E-state index in [1.807, 2.05) is 19.9 Å². The summed E-state index contributed by atoms with van der Waals surface area (Å²) in [6.45, 7) is 3.79. The van der Waals surface area contributed by atoms with Crippen molar-refractivity contribution in [2.24, 2.45) is 0 Å². The molecular weight excluding hydrogens is 232 g/mol. The molecule has 2 rings (SSSR count). The Hall–Kier alpha value is -1.71. The molecule has 0 heterocycles. The molecule has 0 aromatic heterocycles. The van der Waals surface area contributed by atoms with E-state index >= 15 is 0 Å². The van der Waals surface area contributed by atoms with Gasteiger partial charge in [0.15, 0.2) is 0 Å². The van der Waals surface area contributed by atoms with Crippen LogP contribution in [0.5, 0.6) is 11.5 Å². The van der Waals surface area contributed by atoms with Gasteiger partial charge in [-0.15, -0.1) is 0 Å². The molecule has 1 aromatic carbocycles. The zero-order valence-corrected chi connectivity index (χ0v) is 11.2. The average molecular weight is 250 g/mol. The van der Waals surface area contributed by atoms with Gasteiger partial charge in [-0.3, -0.25) is 4.79 Å². The van der Waals surface area contributed by atoms with E-state index in [1.165, 1.54) is 0 Å². The number of hydrogen-bond acceptors (Lipinski definition) is 3. The first-order valence-corrected chi connectivity index (χ1v) is 5.94. The van der Waals surface area contributed by atoms with Crippen LogP contribution in [0.15, 0.2) is 6.07 Å². The average Bonchev–Trinajstić information content (AvgIpc) is 3.12. The van der Waals surface area contributed by atoms with Gasteiger partial charge in [-0.05, 0) is 43.9 Å². The molecule has 0 spiro atoms. The third-order valence-corrected chi connectivity index (χ3v) is 3.74. The lowest BCUT2D eigenvalue weighted by atomic mass is 9.88.